The fourth-order valence-corrected chi connectivity index (χ4v) is 2.93. The lowest BCUT2D eigenvalue weighted by atomic mass is 10.2. The Morgan fingerprint density at radius 3 is 2.32 bits per heavy atom. The number of aliphatic hydroxyl groups excluding tert-OH is 1. The van der Waals surface area contributed by atoms with Crippen molar-refractivity contribution in [2.24, 2.45) is 0 Å². The Kier molecular flexibility index (Phi) is 5.38. The molecule has 0 aliphatic heterocycles. The molecular formula is C10H8ClF4NO5S. The number of alkyl halides is 3. The highest BCUT2D eigenvalue weighted by Gasteiger charge is 2.49. The Morgan fingerprint density at radius 2 is 1.86 bits per heavy atom. The van der Waals surface area contributed by atoms with Crippen LogP contribution in [0, 0.1) is 5.82 Å². The quantitative estimate of drug-likeness (QED) is 0.679. The minimum atomic E-state index is -5.43. The lowest BCUT2D eigenvalue weighted by molar-refractivity contribution is -0.185. The molecule has 6 nitrogen and oxygen atoms in total. The number of hydrogen-bond acceptors (Lipinski definition) is 4. The lowest BCUT2D eigenvalue weighted by Crippen LogP contribution is -2.55. The van der Waals surface area contributed by atoms with Crippen molar-refractivity contribution >= 4 is 27.6 Å². The number of carboxylic acids is 1. The van der Waals surface area contributed by atoms with Crippen LogP contribution >= 0.6 is 11.6 Å². The molecule has 0 heterocycles. The first-order valence-corrected chi connectivity index (χ1v) is 7.17. The molecule has 124 valence electrons. The molecule has 0 fully saturated rings. The molecule has 0 unspecified atom stereocenters. The predicted molar refractivity (Wildman–Crippen MR) is 65.2 cm³/mol. The first-order valence-electron chi connectivity index (χ1n) is 5.31. The number of sulfonamides is 1. The predicted octanol–water partition coefficient (Wildman–Crippen LogP) is 1.13. The molecule has 12 heteroatoms. The summed E-state index contributed by atoms with van der Waals surface area (Å²) in [5.41, 5.74) is 0. The largest absolute Gasteiger partial charge is 0.479 e. The highest BCUT2D eigenvalue weighted by Crippen LogP contribution is 2.26. The molecule has 0 radical (unpaired) electrons. The zero-order chi connectivity index (χ0) is 17.3. The Hall–Kier alpha value is -1.43. The van der Waals surface area contributed by atoms with Gasteiger partial charge in [0.1, 0.15) is 10.7 Å². The van der Waals surface area contributed by atoms with E-state index in [1.165, 1.54) is 0 Å². The summed E-state index contributed by atoms with van der Waals surface area (Å²) >= 11 is 5.44. The lowest BCUT2D eigenvalue weighted by Gasteiger charge is -2.23. The van der Waals surface area contributed by atoms with Crippen LogP contribution in [0.15, 0.2) is 23.1 Å². The summed E-state index contributed by atoms with van der Waals surface area (Å²) in [5, 5.41) is 17.1. The number of hydrogen-bond donors (Lipinski definition) is 3. The van der Waals surface area contributed by atoms with Crippen molar-refractivity contribution in [1.82, 2.24) is 4.72 Å². The third-order valence-corrected chi connectivity index (χ3v) is 4.08. The van der Waals surface area contributed by atoms with Gasteiger partial charge < -0.3 is 10.2 Å². The van der Waals surface area contributed by atoms with Crippen LogP contribution in [0.2, 0.25) is 5.02 Å². The Labute approximate surface area is 126 Å². The van der Waals surface area contributed by atoms with E-state index in [1.54, 1.807) is 0 Å². The van der Waals surface area contributed by atoms with Gasteiger partial charge in [-0.25, -0.2) is 17.6 Å². The van der Waals surface area contributed by atoms with Crippen LogP contribution in [0.1, 0.15) is 0 Å². The van der Waals surface area contributed by atoms with Crippen molar-refractivity contribution in [2.45, 2.75) is 23.2 Å². The molecule has 0 bridgehead atoms. The van der Waals surface area contributed by atoms with Crippen LogP contribution in [0.25, 0.3) is 0 Å². The maximum Gasteiger partial charge on any atom is 0.408 e. The van der Waals surface area contributed by atoms with Crippen molar-refractivity contribution in [1.29, 1.82) is 0 Å². The summed E-state index contributed by atoms with van der Waals surface area (Å²) in [7, 11) is -5.13. The third kappa shape index (κ3) is 4.29. The Bertz CT molecular complexity index is 678. The Balaban J connectivity index is 3.27. The van der Waals surface area contributed by atoms with E-state index in [0.717, 1.165) is 10.8 Å². The summed E-state index contributed by atoms with van der Waals surface area (Å²) < 4.78 is 76.0. The molecule has 2 atom stereocenters. The average molecular weight is 366 g/mol. The minimum absolute atomic E-state index is 0.274. The second-order valence-electron chi connectivity index (χ2n) is 4.00. The van der Waals surface area contributed by atoms with Crippen molar-refractivity contribution in [2.75, 3.05) is 0 Å². The molecule has 0 amide bonds. The van der Waals surface area contributed by atoms with Gasteiger partial charge in [-0.2, -0.15) is 17.9 Å². The van der Waals surface area contributed by atoms with Crippen molar-refractivity contribution < 1.29 is 41.0 Å². The van der Waals surface area contributed by atoms with E-state index in [0.29, 0.717) is 12.1 Å². The summed E-state index contributed by atoms with van der Waals surface area (Å²) in [6.45, 7) is 0. The summed E-state index contributed by atoms with van der Waals surface area (Å²) in [6.07, 6.45) is -8.54. The average Bonchev–Trinajstić information content (AvgIpc) is 2.36. The van der Waals surface area contributed by atoms with E-state index in [2.05, 4.69) is 0 Å². The highest BCUT2D eigenvalue weighted by molar-refractivity contribution is 7.89. The van der Waals surface area contributed by atoms with E-state index in [4.69, 9.17) is 21.8 Å². The van der Waals surface area contributed by atoms with Crippen molar-refractivity contribution in [3.8, 4) is 0 Å². The number of aliphatic hydroxyl groups is 1. The number of benzene rings is 1. The van der Waals surface area contributed by atoms with Crippen LogP contribution in [-0.4, -0.2) is 42.9 Å². The molecule has 1 aromatic carbocycles. The molecule has 0 aromatic heterocycles. The molecule has 0 saturated carbocycles. The fourth-order valence-electron chi connectivity index (χ4n) is 1.37. The molecule has 0 spiro atoms. The van der Waals surface area contributed by atoms with E-state index < -0.39 is 45.0 Å². The zero-order valence-electron chi connectivity index (χ0n) is 10.3. The molecule has 22 heavy (non-hydrogen) atoms. The SMILES string of the molecule is O=C(O)[C@H](O)[C@H](NS(=O)(=O)c1cc(Cl)ccc1F)C(F)(F)F. The van der Waals surface area contributed by atoms with Gasteiger partial charge in [-0.1, -0.05) is 11.6 Å². The van der Waals surface area contributed by atoms with Crippen molar-refractivity contribution in [3.05, 3.63) is 29.0 Å². The fraction of sp³-hybridized carbons (Fsp3) is 0.300. The number of nitrogens with one attached hydrogen (secondary N) is 1. The number of aliphatic carboxylic acids is 1. The Morgan fingerprint density at radius 1 is 1.32 bits per heavy atom. The van der Waals surface area contributed by atoms with Gasteiger partial charge >= 0.3 is 12.1 Å². The standard InChI is InChI=1S/C10H8ClF4NO5S/c11-4-1-2-5(12)6(3-4)22(20,21)16-8(10(13,14)15)7(17)9(18)19/h1-3,7-8,16-17H,(H,18,19)/t7-,8+/m1/s1. The summed E-state index contributed by atoms with van der Waals surface area (Å²) in [4.78, 5) is 9.23. The van der Waals surface area contributed by atoms with Crippen LogP contribution < -0.4 is 4.72 Å². The van der Waals surface area contributed by atoms with E-state index in [-0.39, 0.29) is 5.02 Å². The number of carboxylic acid groups (broad SMARTS) is 1. The van der Waals surface area contributed by atoms with Gasteiger partial charge in [0.2, 0.25) is 10.0 Å². The van der Waals surface area contributed by atoms with Crippen LogP contribution in [0.4, 0.5) is 17.6 Å². The van der Waals surface area contributed by atoms with E-state index >= 15 is 0 Å². The second-order valence-corrected chi connectivity index (χ2v) is 6.12. The summed E-state index contributed by atoms with van der Waals surface area (Å²) in [6, 6.07) is -1.26. The maximum absolute atomic E-state index is 13.4. The van der Waals surface area contributed by atoms with E-state index in [1.807, 2.05) is 0 Å². The smallest absolute Gasteiger partial charge is 0.408 e. The first kappa shape index (κ1) is 18.6. The molecule has 0 saturated heterocycles. The monoisotopic (exact) mass is 365 g/mol. The first-order chi connectivity index (χ1) is 9.86. The topological polar surface area (TPSA) is 104 Å². The van der Waals surface area contributed by atoms with Gasteiger partial charge in [-0.3, -0.25) is 0 Å². The van der Waals surface area contributed by atoms with Gasteiger partial charge in [-0.15, -0.1) is 0 Å². The molecule has 1 rings (SSSR count). The van der Waals surface area contributed by atoms with Crippen LogP contribution in [0.3, 0.4) is 0 Å². The normalized spacial score (nSPS) is 15.4. The van der Waals surface area contributed by atoms with Gasteiger partial charge in [-0.05, 0) is 18.2 Å². The zero-order valence-corrected chi connectivity index (χ0v) is 11.9. The number of halogens is 5. The van der Waals surface area contributed by atoms with Crippen LogP contribution in [-0.2, 0) is 14.8 Å². The van der Waals surface area contributed by atoms with E-state index in [9.17, 15) is 30.8 Å². The second kappa shape index (κ2) is 6.36. The van der Waals surface area contributed by atoms with Crippen molar-refractivity contribution in [3.63, 3.8) is 0 Å². The molecule has 0 aliphatic carbocycles. The highest BCUT2D eigenvalue weighted by atomic mass is 35.5. The number of carbonyl (C=O) groups is 1. The number of rotatable bonds is 5. The van der Waals surface area contributed by atoms with Gasteiger partial charge in [0.25, 0.3) is 0 Å². The van der Waals surface area contributed by atoms with Gasteiger partial charge in [0.05, 0.1) is 0 Å². The molecular weight excluding hydrogens is 358 g/mol. The minimum Gasteiger partial charge on any atom is -0.479 e. The maximum atomic E-state index is 13.4. The summed E-state index contributed by atoms with van der Waals surface area (Å²) in [5.74, 6) is -3.71. The molecule has 0 aliphatic rings. The third-order valence-electron chi connectivity index (χ3n) is 2.39. The molecule has 1 aromatic rings. The van der Waals surface area contributed by atoms with Gasteiger partial charge in [0, 0.05) is 5.02 Å². The molecule has 3 N–H and O–H groups in total. The van der Waals surface area contributed by atoms with Gasteiger partial charge in [0.15, 0.2) is 12.1 Å². The van der Waals surface area contributed by atoms with Crippen LogP contribution in [0.5, 0.6) is 0 Å².